The number of nitrogens with one attached hydrogen (secondary N) is 2. The lowest BCUT2D eigenvalue weighted by atomic mass is 9.93. The zero-order valence-corrected chi connectivity index (χ0v) is 16.0. The number of hydrogen-bond donors (Lipinski definition) is 2. The van der Waals surface area contributed by atoms with Crippen LogP contribution in [0.25, 0.3) is 0 Å². The first kappa shape index (κ1) is 18.9. The molecule has 0 bridgehead atoms. The Morgan fingerprint density at radius 2 is 1.93 bits per heavy atom. The lowest BCUT2D eigenvalue weighted by Crippen LogP contribution is -2.30. The van der Waals surface area contributed by atoms with Crippen LogP contribution in [-0.2, 0) is 17.6 Å². The maximum Gasteiger partial charge on any atom is 0.287 e. The Bertz CT molecular complexity index is 866. The van der Waals surface area contributed by atoms with Crippen LogP contribution in [-0.4, -0.2) is 23.6 Å². The van der Waals surface area contributed by atoms with E-state index in [9.17, 15) is 9.59 Å². The summed E-state index contributed by atoms with van der Waals surface area (Å²) in [5, 5.41) is 7.20. The predicted octanol–water partition coefficient (Wildman–Crippen LogP) is 3.13. The fourth-order valence-electron chi connectivity index (χ4n) is 3.28. The van der Waals surface area contributed by atoms with Crippen molar-refractivity contribution in [3.8, 4) is 0 Å². The molecule has 0 aliphatic heterocycles. The van der Waals surface area contributed by atoms with Crippen LogP contribution in [0, 0.1) is 6.92 Å². The molecule has 1 aromatic carbocycles. The fourth-order valence-corrected chi connectivity index (χ4v) is 3.28. The molecule has 2 aromatic rings. The Balaban J connectivity index is 1.77. The largest absolute Gasteiger partial charge is 0.455 e. The van der Waals surface area contributed by atoms with Crippen molar-refractivity contribution < 1.29 is 14.0 Å². The van der Waals surface area contributed by atoms with E-state index in [1.165, 1.54) is 0 Å². The summed E-state index contributed by atoms with van der Waals surface area (Å²) in [6.45, 7) is 5.68. The standard InChI is InChI=1S/C21H25N3O3/c1-13(2)22-21(26)20-14(3)19-16(10-7-11-17(19)27-20)23-24-18(25)12-15-8-5-4-6-9-15/h4-6,8-9,13H,7,10-12H2,1-3H3,(H,22,26)(H,24,25)/b23-16+. The van der Waals surface area contributed by atoms with Gasteiger partial charge in [0.05, 0.1) is 12.1 Å². The first-order chi connectivity index (χ1) is 13.0. The van der Waals surface area contributed by atoms with Gasteiger partial charge in [0.25, 0.3) is 5.91 Å². The van der Waals surface area contributed by atoms with Crippen LogP contribution in [0.5, 0.6) is 0 Å². The smallest absolute Gasteiger partial charge is 0.287 e. The van der Waals surface area contributed by atoms with Crippen molar-refractivity contribution in [3.63, 3.8) is 0 Å². The van der Waals surface area contributed by atoms with E-state index in [4.69, 9.17) is 4.42 Å². The zero-order chi connectivity index (χ0) is 19.4. The number of aryl methyl sites for hydroxylation is 1. The average Bonchev–Trinajstić information content (AvgIpc) is 2.98. The molecule has 0 saturated carbocycles. The highest BCUT2D eigenvalue weighted by atomic mass is 16.4. The zero-order valence-electron chi connectivity index (χ0n) is 16.0. The van der Waals surface area contributed by atoms with Crippen LogP contribution in [0.1, 0.15) is 59.7 Å². The van der Waals surface area contributed by atoms with Gasteiger partial charge in [0.1, 0.15) is 5.76 Å². The first-order valence-electron chi connectivity index (χ1n) is 9.28. The topological polar surface area (TPSA) is 83.7 Å². The molecule has 2 N–H and O–H groups in total. The van der Waals surface area contributed by atoms with E-state index in [0.717, 1.165) is 47.4 Å². The van der Waals surface area contributed by atoms with E-state index in [2.05, 4.69) is 15.8 Å². The van der Waals surface area contributed by atoms with E-state index >= 15 is 0 Å². The van der Waals surface area contributed by atoms with Gasteiger partial charge in [-0.05, 0) is 39.2 Å². The minimum atomic E-state index is -0.218. The molecule has 1 heterocycles. The van der Waals surface area contributed by atoms with Gasteiger partial charge in [-0.1, -0.05) is 30.3 Å². The molecule has 3 rings (SSSR count). The molecule has 1 aliphatic rings. The summed E-state index contributed by atoms with van der Waals surface area (Å²) in [5.74, 6) is 0.715. The summed E-state index contributed by atoms with van der Waals surface area (Å²) < 4.78 is 5.83. The number of carbonyl (C=O) groups excluding carboxylic acids is 2. The summed E-state index contributed by atoms with van der Waals surface area (Å²) in [7, 11) is 0. The van der Waals surface area contributed by atoms with Crippen LogP contribution >= 0.6 is 0 Å². The van der Waals surface area contributed by atoms with Gasteiger partial charge in [0.15, 0.2) is 5.76 Å². The molecule has 6 heteroatoms. The van der Waals surface area contributed by atoms with E-state index in [1.807, 2.05) is 51.1 Å². The van der Waals surface area contributed by atoms with Crippen LogP contribution < -0.4 is 10.7 Å². The average molecular weight is 367 g/mol. The number of rotatable bonds is 5. The van der Waals surface area contributed by atoms with Crippen molar-refractivity contribution in [1.82, 2.24) is 10.7 Å². The molecule has 0 fully saturated rings. The molecule has 2 amide bonds. The second-order valence-corrected chi connectivity index (χ2v) is 7.09. The molecule has 0 atom stereocenters. The quantitative estimate of drug-likeness (QED) is 0.797. The third-order valence-corrected chi connectivity index (χ3v) is 4.47. The maximum absolute atomic E-state index is 12.4. The third-order valence-electron chi connectivity index (χ3n) is 4.47. The van der Waals surface area contributed by atoms with Crippen molar-refractivity contribution in [3.05, 3.63) is 58.5 Å². The van der Waals surface area contributed by atoms with E-state index in [-0.39, 0.29) is 24.3 Å². The van der Waals surface area contributed by atoms with Gasteiger partial charge in [-0.3, -0.25) is 9.59 Å². The Morgan fingerprint density at radius 3 is 2.63 bits per heavy atom. The molecule has 27 heavy (non-hydrogen) atoms. The molecule has 142 valence electrons. The summed E-state index contributed by atoms with van der Waals surface area (Å²) in [5.41, 5.74) is 5.98. The number of fused-ring (bicyclic) bond motifs is 1. The molecule has 0 spiro atoms. The number of furan rings is 1. The summed E-state index contributed by atoms with van der Waals surface area (Å²) >= 11 is 0. The summed E-state index contributed by atoms with van der Waals surface area (Å²) in [4.78, 5) is 24.5. The lowest BCUT2D eigenvalue weighted by molar-refractivity contribution is -0.120. The minimum Gasteiger partial charge on any atom is -0.455 e. The van der Waals surface area contributed by atoms with Gasteiger partial charge >= 0.3 is 0 Å². The van der Waals surface area contributed by atoms with Crippen molar-refractivity contribution in [2.45, 2.75) is 52.5 Å². The number of benzene rings is 1. The fraction of sp³-hybridized carbons (Fsp3) is 0.381. The highest BCUT2D eigenvalue weighted by molar-refractivity contribution is 6.06. The monoisotopic (exact) mass is 367 g/mol. The van der Waals surface area contributed by atoms with Gasteiger partial charge in [-0.15, -0.1) is 0 Å². The molecular formula is C21H25N3O3. The third kappa shape index (κ3) is 4.45. The van der Waals surface area contributed by atoms with Crippen LogP contribution in [0.2, 0.25) is 0 Å². The molecule has 0 radical (unpaired) electrons. The van der Waals surface area contributed by atoms with Gasteiger partial charge in [0, 0.05) is 23.6 Å². The number of nitrogens with zero attached hydrogens (tertiary/aromatic N) is 1. The second-order valence-electron chi connectivity index (χ2n) is 7.09. The van der Waals surface area contributed by atoms with Crippen LogP contribution in [0.15, 0.2) is 39.9 Å². The lowest BCUT2D eigenvalue weighted by Gasteiger charge is -2.13. The highest BCUT2D eigenvalue weighted by Gasteiger charge is 2.28. The maximum atomic E-state index is 12.4. The van der Waals surface area contributed by atoms with Crippen molar-refractivity contribution in [1.29, 1.82) is 0 Å². The van der Waals surface area contributed by atoms with Crippen LogP contribution in [0.4, 0.5) is 0 Å². The van der Waals surface area contributed by atoms with Gasteiger partial charge in [-0.25, -0.2) is 5.43 Å². The normalized spacial score (nSPS) is 14.9. The SMILES string of the molecule is Cc1c(C(=O)NC(C)C)oc2c1/C(=N/NC(=O)Cc1ccccc1)CCC2. The van der Waals surface area contributed by atoms with Crippen molar-refractivity contribution in [2.75, 3.05) is 0 Å². The molecular weight excluding hydrogens is 342 g/mol. The summed E-state index contributed by atoms with van der Waals surface area (Å²) in [6, 6.07) is 9.57. The van der Waals surface area contributed by atoms with E-state index in [0.29, 0.717) is 5.76 Å². The van der Waals surface area contributed by atoms with Crippen LogP contribution in [0.3, 0.4) is 0 Å². The van der Waals surface area contributed by atoms with Gasteiger partial charge in [-0.2, -0.15) is 5.10 Å². The number of amides is 2. The Labute approximate surface area is 159 Å². The summed E-state index contributed by atoms with van der Waals surface area (Å²) in [6.07, 6.45) is 2.65. The predicted molar refractivity (Wildman–Crippen MR) is 104 cm³/mol. The molecule has 1 aliphatic carbocycles. The van der Waals surface area contributed by atoms with Crippen molar-refractivity contribution in [2.24, 2.45) is 5.10 Å². The molecule has 1 aromatic heterocycles. The minimum absolute atomic E-state index is 0.0319. The van der Waals surface area contributed by atoms with Gasteiger partial charge in [0.2, 0.25) is 5.91 Å². The molecule has 0 saturated heterocycles. The number of hydrazone groups is 1. The molecule has 6 nitrogen and oxygen atoms in total. The van der Waals surface area contributed by atoms with Gasteiger partial charge < -0.3 is 9.73 Å². The Hall–Kier alpha value is -2.89. The number of carbonyl (C=O) groups is 2. The van der Waals surface area contributed by atoms with Crippen molar-refractivity contribution >= 4 is 17.5 Å². The molecule has 0 unspecified atom stereocenters. The second kappa shape index (κ2) is 8.20. The first-order valence-corrected chi connectivity index (χ1v) is 9.28. The Kier molecular flexibility index (Phi) is 5.74. The Morgan fingerprint density at radius 1 is 1.19 bits per heavy atom. The number of hydrogen-bond acceptors (Lipinski definition) is 4. The van der Waals surface area contributed by atoms with E-state index < -0.39 is 0 Å². The van der Waals surface area contributed by atoms with E-state index in [1.54, 1.807) is 0 Å². The highest BCUT2D eigenvalue weighted by Crippen LogP contribution is 2.29.